The molecule has 0 unspecified atom stereocenters. The molecule has 0 aromatic heterocycles. The number of ether oxygens (including phenoxy) is 1. The zero-order valence-corrected chi connectivity index (χ0v) is 17.7. The third-order valence-electron chi connectivity index (χ3n) is 4.76. The third kappa shape index (κ3) is 5.05. The van der Waals surface area contributed by atoms with Crippen molar-refractivity contribution in [1.29, 1.82) is 5.26 Å². The fraction of sp³-hybridized carbons (Fsp3) is 0.273. The minimum atomic E-state index is -0.637. The molecule has 1 saturated heterocycles. The first-order chi connectivity index (χ1) is 14.5. The van der Waals surface area contributed by atoms with Crippen molar-refractivity contribution >= 4 is 45.1 Å². The van der Waals surface area contributed by atoms with E-state index in [-0.39, 0.29) is 31.8 Å². The van der Waals surface area contributed by atoms with Crippen molar-refractivity contribution in [2.45, 2.75) is 12.8 Å². The summed E-state index contributed by atoms with van der Waals surface area (Å²) < 4.78 is 5.99. The van der Waals surface area contributed by atoms with Crippen molar-refractivity contribution in [2.24, 2.45) is 5.92 Å². The summed E-state index contributed by atoms with van der Waals surface area (Å²) in [5.41, 5.74) is 1.32. The molecule has 1 aliphatic rings. The number of benzene rings is 2. The van der Waals surface area contributed by atoms with E-state index < -0.39 is 24.4 Å². The summed E-state index contributed by atoms with van der Waals surface area (Å²) in [6.07, 6.45) is 0.192. The maximum Gasteiger partial charge on any atom is 0.311 e. The predicted molar refractivity (Wildman–Crippen MR) is 115 cm³/mol. The molecule has 2 aromatic rings. The normalized spacial score (nSPS) is 15.5. The summed E-state index contributed by atoms with van der Waals surface area (Å²) in [4.78, 5) is 40.5. The Kier molecular flexibility index (Phi) is 7.20. The topological polar surface area (TPSA) is 90.7 Å². The minimum Gasteiger partial charge on any atom is -0.455 e. The number of esters is 1. The van der Waals surface area contributed by atoms with E-state index in [4.69, 9.17) is 10.00 Å². The lowest BCUT2D eigenvalue weighted by molar-refractivity contribution is -0.151. The SMILES string of the molecule is N#CCCN(C(=O)COC(=O)[C@H]1CC(=O)N(c2ccccc2Br)C1)c1ccccc1. The molecule has 30 heavy (non-hydrogen) atoms. The average molecular weight is 470 g/mol. The Morgan fingerprint density at radius 1 is 1.17 bits per heavy atom. The second kappa shape index (κ2) is 10.0. The Hall–Kier alpha value is -3.18. The summed E-state index contributed by atoms with van der Waals surface area (Å²) in [5.74, 6) is -1.81. The van der Waals surface area contributed by atoms with Gasteiger partial charge in [-0.1, -0.05) is 30.3 Å². The number of anilines is 2. The maximum absolute atomic E-state index is 12.6. The molecular formula is C22H20BrN3O4. The van der Waals surface area contributed by atoms with Gasteiger partial charge in [-0.3, -0.25) is 14.4 Å². The molecule has 0 radical (unpaired) electrons. The highest BCUT2D eigenvalue weighted by atomic mass is 79.9. The Morgan fingerprint density at radius 3 is 2.57 bits per heavy atom. The monoisotopic (exact) mass is 469 g/mol. The fourth-order valence-electron chi connectivity index (χ4n) is 3.27. The molecule has 1 fully saturated rings. The second-order valence-corrected chi connectivity index (χ2v) is 7.61. The van der Waals surface area contributed by atoms with Crippen LogP contribution in [0.1, 0.15) is 12.8 Å². The molecular weight excluding hydrogens is 450 g/mol. The summed E-state index contributed by atoms with van der Waals surface area (Å²) in [7, 11) is 0. The number of nitrogens with zero attached hydrogens (tertiary/aromatic N) is 3. The van der Waals surface area contributed by atoms with E-state index in [9.17, 15) is 14.4 Å². The number of amides is 2. The van der Waals surface area contributed by atoms with Crippen LogP contribution in [0.4, 0.5) is 11.4 Å². The van der Waals surface area contributed by atoms with Crippen LogP contribution < -0.4 is 9.80 Å². The molecule has 0 aliphatic carbocycles. The Bertz CT molecular complexity index is 974. The number of carbonyl (C=O) groups is 3. The Morgan fingerprint density at radius 2 is 1.87 bits per heavy atom. The number of halogens is 1. The minimum absolute atomic E-state index is 0.0329. The van der Waals surface area contributed by atoms with Gasteiger partial charge in [-0.05, 0) is 40.2 Å². The number of hydrogen-bond donors (Lipinski definition) is 0. The van der Waals surface area contributed by atoms with Crippen molar-refractivity contribution in [3.63, 3.8) is 0 Å². The molecule has 8 heteroatoms. The van der Waals surface area contributed by atoms with Gasteiger partial charge in [0.25, 0.3) is 5.91 Å². The molecule has 154 valence electrons. The first kappa shape index (κ1) is 21.5. The molecule has 1 atom stereocenters. The summed E-state index contributed by atoms with van der Waals surface area (Å²) in [5, 5.41) is 8.86. The first-order valence-electron chi connectivity index (χ1n) is 9.45. The van der Waals surface area contributed by atoms with Crippen LogP contribution in [-0.4, -0.2) is 37.5 Å². The quantitative estimate of drug-likeness (QED) is 0.580. The van der Waals surface area contributed by atoms with Gasteiger partial charge >= 0.3 is 5.97 Å². The van der Waals surface area contributed by atoms with Gasteiger partial charge in [0, 0.05) is 29.7 Å². The molecule has 0 bridgehead atoms. The van der Waals surface area contributed by atoms with Crippen molar-refractivity contribution in [1.82, 2.24) is 0 Å². The number of carbonyl (C=O) groups excluding carboxylic acids is 3. The van der Waals surface area contributed by atoms with Gasteiger partial charge in [0.05, 0.1) is 24.1 Å². The van der Waals surface area contributed by atoms with Crippen LogP contribution in [0, 0.1) is 17.2 Å². The highest BCUT2D eigenvalue weighted by Crippen LogP contribution is 2.31. The lowest BCUT2D eigenvalue weighted by Gasteiger charge is -2.22. The van der Waals surface area contributed by atoms with Gasteiger partial charge in [0.2, 0.25) is 5.91 Å². The van der Waals surface area contributed by atoms with Crippen LogP contribution in [0.15, 0.2) is 59.1 Å². The van der Waals surface area contributed by atoms with Crippen LogP contribution in [0.2, 0.25) is 0 Å². The van der Waals surface area contributed by atoms with E-state index >= 15 is 0 Å². The van der Waals surface area contributed by atoms with Gasteiger partial charge in [-0.15, -0.1) is 0 Å². The zero-order valence-electron chi connectivity index (χ0n) is 16.2. The van der Waals surface area contributed by atoms with Crippen molar-refractivity contribution in [2.75, 3.05) is 29.5 Å². The molecule has 2 aromatic carbocycles. The fourth-order valence-corrected chi connectivity index (χ4v) is 3.76. The zero-order chi connectivity index (χ0) is 21.5. The Labute approximate surface area is 183 Å². The highest BCUT2D eigenvalue weighted by Gasteiger charge is 2.37. The summed E-state index contributed by atoms with van der Waals surface area (Å²) >= 11 is 3.42. The van der Waals surface area contributed by atoms with E-state index in [0.29, 0.717) is 11.4 Å². The summed E-state index contributed by atoms with van der Waals surface area (Å²) in [6, 6.07) is 18.2. The molecule has 0 N–H and O–H groups in total. The third-order valence-corrected chi connectivity index (χ3v) is 5.43. The number of para-hydroxylation sites is 2. The van der Waals surface area contributed by atoms with Crippen molar-refractivity contribution in [3.8, 4) is 6.07 Å². The second-order valence-electron chi connectivity index (χ2n) is 6.75. The molecule has 1 aliphatic heterocycles. The van der Waals surface area contributed by atoms with Gasteiger partial charge in [0.1, 0.15) is 0 Å². The average Bonchev–Trinajstić information content (AvgIpc) is 3.15. The highest BCUT2D eigenvalue weighted by molar-refractivity contribution is 9.10. The van der Waals surface area contributed by atoms with E-state index in [2.05, 4.69) is 15.9 Å². The van der Waals surface area contributed by atoms with Crippen molar-refractivity contribution < 1.29 is 19.1 Å². The van der Waals surface area contributed by atoms with Crippen LogP contribution in [0.3, 0.4) is 0 Å². The summed E-state index contributed by atoms with van der Waals surface area (Å²) in [6.45, 7) is -0.0429. The predicted octanol–water partition coefficient (Wildman–Crippen LogP) is 3.29. The van der Waals surface area contributed by atoms with Crippen LogP contribution in [-0.2, 0) is 19.1 Å². The molecule has 0 spiro atoms. The molecule has 3 rings (SSSR count). The first-order valence-corrected chi connectivity index (χ1v) is 10.2. The van der Waals surface area contributed by atoms with E-state index in [1.807, 2.05) is 30.3 Å². The standard InChI is InChI=1S/C22H20BrN3O4/c23-18-9-4-5-10-19(18)26-14-16(13-20(26)27)22(29)30-15-21(28)25(12-6-11-24)17-7-2-1-3-8-17/h1-5,7-10,16H,6,12-15H2/t16-/m0/s1. The molecule has 0 saturated carbocycles. The van der Waals surface area contributed by atoms with Crippen LogP contribution >= 0.6 is 15.9 Å². The van der Waals surface area contributed by atoms with Crippen LogP contribution in [0.5, 0.6) is 0 Å². The van der Waals surface area contributed by atoms with Gasteiger partial charge in [0.15, 0.2) is 6.61 Å². The van der Waals surface area contributed by atoms with Gasteiger partial charge < -0.3 is 14.5 Å². The smallest absolute Gasteiger partial charge is 0.311 e. The van der Waals surface area contributed by atoms with Crippen LogP contribution in [0.25, 0.3) is 0 Å². The maximum atomic E-state index is 12.6. The Balaban J connectivity index is 1.60. The number of rotatable bonds is 7. The molecule has 2 amide bonds. The van der Waals surface area contributed by atoms with E-state index in [0.717, 1.165) is 4.47 Å². The number of hydrogen-bond acceptors (Lipinski definition) is 5. The largest absolute Gasteiger partial charge is 0.455 e. The van der Waals surface area contributed by atoms with E-state index in [1.54, 1.807) is 35.2 Å². The lowest BCUT2D eigenvalue weighted by Crippen LogP contribution is -2.36. The number of nitriles is 1. The lowest BCUT2D eigenvalue weighted by atomic mass is 10.1. The van der Waals surface area contributed by atoms with Gasteiger partial charge in [-0.25, -0.2) is 0 Å². The van der Waals surface area contributed by atoms with Crippen molar-refractivity contribution in [3.05, 3.63) is 59.1 Å². The molecule has 7 nitrogen and oxygen atoms in total. The van der Waals surface area contributed by atoms with E-state index in [1.165, 1.54) is 4.90 Å². The molecule has 1 heterocycles. The van der Waals surface area contributed by atoms with Gasteiger partial charge in [-0.2, -0.15) is 5.26 Å².